The summed E-state index contributed by atoms with van der Waals surface area (Å²) in [7, 11) is 0. The molecule has 0 saturated carbocycles. The first-order valence-electron chi connectivity index (χ1n) is 5.15. The summed E-state index contributed by atoms with van der Waals surface area (Å²) < 4.78 is 0. The Hall–Kier alpha value is -1.41. The van der Waals surface area contributed by atoms with E-state index in [1.807, 2.05) is 32.9 Å². The Morgan fingerprint density at radius 2 is 1.56 bits per heavy atom. The Labute approximate surface area is 100 Å². The van der Waals surface area contributed by atoms with Crippen LogP contribution in [0.5, 0.6) is 0 Å². The summed E-state index contributed by atoms with van der Waals surface area (Å²) in [5.74, 6) is 0. The van der Waals surface area contributed by atoms with Crippen LogP contribution < -0.4 is 0 Å². The van der Waals surface area contributed by atoms with Crippen molar-refractivity contribution >= 4 is 11.6 Å². The van der Waals surface area contributed by atoms with Crippen molar-refractivity contribution in [1.82, 2.24) is 9.97 Å². The van der Waals surface area contributed by atoms with Crippen molar-refractivity contribution in [2.24, 2.45) is 0 Å². The van der Waals surface area contributed by atoms with Gasteiger partial charge >= 0.3 is 0 Å². The lowest BCUT2D eigenvalue weighted by atomic mass is 10.0. The summed E-state index contributed by atoms with van der Waals surface area (Å²) in [5.41, 5.74) is 5.23. The van der Waals surface area contributed by atoms with Gasteiger partial charge in [-0.25, -0.2) is 4.98 Å². The zero-order chi connectivity index (χ0) is 11.7. The molecule has 0 N–H and O–H groups in total. The molecule has 2 aromatic heterocycles. The maximum atomic E-state index is 5.84. The molecule has 2 nitrogen and oxygen atoms in total. The standard InChI is InChI=1S/C13H13ClN2/c1-8-6-11(7-9(2)15-8)12-4-5-13(14)16-10(12)3/h4-7H,1-3H3. The second-order valence-corrected chi connectivity index (χ2v) is 4.29. The molecule has 0 aliphatic rings. The first kappa shape index (κ1) is 11.1. The smallest absolute Gasteiger partial charge is 0.129 e. The lowest BCUT2D eigenvalue weighted by molar-refractivity contribution is 1.12. The number of nitrogens with zero attached hydrogens (tertiary/aromatic N) is 2. The maximum absolute atomic E-state index is 5.84. The fraction of sp³-hybridized carbons (Fsp3) is 0.231. The summed E-state index contributed by atoms with van der Waals surface area (Å²) in [4.78, 5) is 8.61. The highest BCUT2D eigenvalue weighted by Gasteiger charge is 2.05. The molecular weight excluding hydrogens is 220 g/mol. The molecule has 2 aromatic rings. The number of hydrogen-bond donors (Lipinski definition) is 0. The van der Waals surface area contributed by atoms with Gasteiger partial charge in [0.25, 0.3) is 0 Å². The van der Waals surface area contributed by atoms with E-state index in [1.165, 1.54) is 0 Å². The fourth-order valence-electron chi connectivity index (χ4n) is 1.83. The highest BCUT2D eigenvalue weighted by Crippen LogP contribution is 2.24. The molecule has 0 saturated heterocycles. The van der Waals surface area contributed by atoms with E-state index in [-0.39, 0.29) is 0 Å². The van der Waals surface area contributed by atoms with Crippen LogP contribution in [0.15, 0.2) is 24.3 Å². The van der Waals surface area contributed by atoms with Crippen LogP contribution >= 0.6 is 11.6 Å². The summed E-state index contributed by atoms with van der Waals surface area (Å²) in [5, 5.41) is 0.531. The highest BCUT2D eigenvalue weighted by molar-refractivity contribution is 6.29. The van der Waals surface area contributed by atoms with Gasteiger partial charge in [0.1, 0.15) is 5.15 Å². The fourth-order valence-corrected chi connectivity index (χ4v) is 2.02. The molecule has 0 amide bonds. The first-order valence-corrected chi connectivity index (χ1v) is 5.53. The zero-order valence-electron chi connectivity index (χ0n) is 9.58. The Morgan fingerprint density at radius 1 is 0.938 bits per heavy atom. The molecule has 0 radical (unpaired) electrons. The summed E-state index contributed by atoms with van der Waals surface area (Å²) in [6, 6.07) is 7.93. The van der Waals surface area contributed by atoms with Crippen LogP contribution in [0.4, 0.5) is 0 Å². The highest BCUT2D eigenvalue weighted by atomic mass is 35.5. The van der Waals surface area contributed by atoms with Crippen molar-refractivity contribution < 1.29 is 0 Å². The zero-order valence-corrected chi connectivity index (χ0v) is 10.3. The van der Waals surface area contributed by atoms with Crippen molar-refractivity contribution in [3.05, 3.63) is 46.5 Å². The number of aryl methyl sites for hydroxylation is 3. The van der Waals surface area contributed by atoms with E-state index < -0.39 is 0 Å². The van der Waals surface area contributed by atoms with Crippen molar-refractivity contribution in [2.75, 3.05) is 0 Å². The quantitative estimate of drug-likeness (QED) is 0.701. The van der Waals surface area contributed by atoms with Gasteiger partial charge in [0.05, 0.1) is 0 Å². The lowest BCUT2D eigenvalue weighted by Crippen LogP contribution is -1.92. The molecule has 2 heterocycles. The predicted molar refractivity (Wildman–Crippen MR) is 66.7 cm³/mol. The summed E-state index contributed by atoms with van der Waals surface area (Å²) in [6.07, 6.45) is 0. The molecule has 0 spiro atoms. The van der Waals surface area contributed by atoms with Crippen LogP contribution in [-0.2, 0) is 0 Å². The summed E-state index contributed by atoms with van der Waals surface area (Å²) in [6.45, 7) is 5.96. The van der Waals surface area contributed by atoms with Gasteiger partial charge in [-0.1, -0.05) is 11.6 Å². The van der Waals surface area contributed by atoms with Crippen molar-refractivity contribution in [1.29, 1.82) is 0 Å². The lowest BCUT2D eigenvalue weighted by Gasteiger charge is -2.07. The molecule has 0 aliphatic heterocycles. The molecule has 0 bridgehead atoms. The van der Waals surface area contributed by atoms with Gasteiger partial charge in [-0.05, 0) is 50.6 Å². The van der Waals surface area contributed by atoms with Gasteiger partial charge in [-0.2, -0.15) is 0 Å². The average molecular weight is 233 g/mol. The molecule has 0 atom stereocenters. The van der Waals surface area contributed by atoms with E-state index in [4.69, 9.17) is 11.6 Å². The van der Waals surface area contributed by atoms with E-state index in [9.17, 15) is 0 Å². The topological polar surface area (TPSA) is 25.8 Å². The molecule has 0 fully saturated rings. The monoisotopic (exact) mass is 232 g/mol. The second-order valence-electron chi connectivity index (χ2n) is 3.91. The van der Waals surface area contributed by atoms with Gasteiger partial charge in [-0.15, -0.1) is 0 Å². The van der Waals surface area contributed by atoms with Gasteiger partial charge in [-0.3, -0.25) is 4.98 Å². The number of pyridine rings is 2. The predicted octanol–water partition coefficient (Wildman–Crippen LogP) is 3.72. The molecular formula is C13H13ClN2. The Bertz CT molecular complexity index is 515. The largest absolute Gasteiger partial charge is 0.258 e. The molecule has 0 aromatic carbocycles. The molecule has 82 valence electrons. The minimum Gasteiger partial charge on any atom is -0.258 e. The molecule has 3 heteroatoms. The Balaban J connectivity index is 2.58. The normalized spacial score (nSPS) is 10.5. The number of rotatable bonds is 1. The van der Waals surface area contributed by atoms with E-state index in [0.29, 0.717) is 5.15 Å². The minimum absolute atomic E-state index is 0.531. The minimum atomic E-state index is 0.531. The van der Waals surface area contributed by atoms with Crippen LogP contribution in [0, 0.1) is 20.8 Å². The van der Waals surface area contributed by atoms with Gasteiger partial charge in [0.15, 0.2) is 0 Å². The average Bonchev–Trinajstić information content (AvgIpc) is 2.15. The van der Waals surface area contributed by atoms with E-state index in [0.717, 1.165) is 28.2 Å². The third kappa shape index (κ3) is 2.22. The Kier molecular flexibility index (Phi) is 2.92. The third-order valence-electron chi connectivity index (χ3n) is 2.44. The molecule has 0 aliphatic carbocycles. The van der Waals surface area contributed by atoms with Crippen LogP contribution in [-0.4, -0.2) is 9.97 Å². The first-order chi connectivity index (χ1) is 7.56. The van der Waals surface area contributed by atoms with Gasteiger partial charge in [0.2, 0.25) is 0 Å². The molecule has 16 heavy (non-hydrogen) atoms. The van der Waals surface area contributed by atoms with Crippen molar-refractivity contribution in [2.45, 2.75) is 20.8 Å². The van der Waals surface area contributed by atoms with Gasteiger partial charge < -0.3 is 0 Å². The van der Waals surface area contributed by atoms with Crippen LogP contribution in [0.1, 0.15) is 17.1 Å². The van der Waals surface area contributed by atoms with E-state index >= 15 is 0 Å². The van der Waals surface area contributed by atoms with Crippen LogP contribution in [0.2, 0.25) is 5.15 Å². The van der Waals surface area contributed by atoms with Gasteiger partial charge in [0, 0.05) is 22.6 Å². The van der Waals surface area contributed by atoms with Crippen LogP contribution in [0.25, 0.3) is 11.1 Å². The maximum Gasteiger partial charge on any atom is 0.129 e. The Morgan fingerprint density at radius 3 is 2.12 bits per heavy atom. The second kappa shape index (κ2) is 4.22. The van der Waals surface area contributed by atoms with Crippen molar-refractivity contribution in [3.63, 3.8) is 0 Å². The van der Waals surface area contributed by atoms with E-state index in [2.05, 4.69) is 22.1 Å². The molecule has 2 rings (SSSR count). The summed E-state index contributed by atoms with van der Waals surface area (Å²) >= 11 is 5.84. The number of halogens is 1. The van der Waals surface area contributed by atoms with Crippen molar-refractivity contribution in [3.8, 4) is 11.1 Å². The molecule has 0 unspecified atom stereocenters. The third-order valence-corrected chi connectivity index (χ3v) is 2.65. The van der Waals surface area contributed by atoms with Crippen LogP contribution in [0.3, 0.4) is 0 Å². The van der Waals surface area contributed by atoms with E-state index in [1.54, 1.807) is 0 Å². The number of aromatic nitrogens is 2. The SMILES string of the molecule is Cc1cc(-c2ccc(Cl)nc2C)cc(C)n1. The number of hydrogen-bond acceptors (Lipinski definition) is 2.